The molecule has 3 rings (SSSR count). The number of benzene rings is 2. The molecule has 3 heteroatoms. The van der Waals surface area contributed by atoms with Gasteiger partial charge in [-0.2, -0.15) is 0 Å². The molecule has 0 amide bonds. The molecule has 2 aromatic carbocycles. The first-order valence-electron chi connectivity index (χ1n) is 6.97. The van der Waals surface area contributed by atoms with Crippen molar-refractivity contribution < 1.29 is 13.9 Å². The highest BCUT2D eigenvalue weighted by Crippen LogP contribution is 2.31. The van der Waals surface area contributed by atoms with E-state index in [-0.39, 0.29) is 5.82 Å². The summed E-state index contributed by atoms with van der Waals surface area (Å²) in [5.41, 5.74) is 3.62. The highest BCUT2D eigenvalue weighted by Gasteiger charge is 2.19. The fourth-order valence-corrected chi connectivity index (χ4v) is 2.67. The van der Waals surface area contributed by atoms with E-state index in [2.05, 4.69) is 0 Å². The molecule has 0 fully saturated rings. The third-order valence-electron chi connectivity index (χ3n) is 3.91. The molecule has 2 nitrogen and oxygen atoms in total. The quantitative estimate of drug-likeness (QED) is 0.770. The van der Waals surface area contributed by atoms with Gasteiger partial charge >= 0.3 is 0 Å². The molecular formula is C18H17FO2. The second-order valence-corrected chi connectivity index (χ2v) is 5.38. The normalized spacial score (nSPS) is 12.8. The summed E-state index contributed by atoms with van der Waals surface area (Å²) >= 11 is 0. The molecule has 1 atom stereocenters. The van der Waals surface area contributed by atoms with E-state index in [0.29, 0.717) is 23.2 Å². The summed E-state index contributed by atoms with van der Waals surface area (Å²) in [6.45, 7) is 3.87. The first-order valence-corrected chi connectivity index (χ1v) is 6.97. The molecule has 0 spiro atoms. The number of fused-ring (bicyclic) bond motifs is 1. The van der Waals surface area contributed by atoms with E-state index in [1.165, 1.54) is 12.1 Å². The average Bonchev–Trinajstić information content (AvgIpc) is 2.79. The van der Waals surface area contributed by atoms with Gasteiger partial charge in [0.2, 0.25) is 0 Å². The fraction of sp³-hybridized carbons (Fsp3) is 0.222. The van der Waals surface area contributed by atoms with E-state index in [1.807, 2.05) is 38.1 Å². The minimum Gasteiger partial charge on any atom is -0.458 e. The van der Waals surface area contributed by atoms with Crippen molar-refractivity contribution in [2.45, 2.75) is 26.4 Å². The third-order valence-corrected chi connectivity index (χ3v) is 3.91. The molecule has 1 N–H and O–H groups in total. The summed E-state index contributed by atoms with van der Waals surface area (Å²) in [7, 11) is 0. The first kappa shape index (κ1) is 13.8. The molecule has 3 aromatic rings. The topological polar surface area (TPSA) is 33.4 Å². The number of rotatable bonds is 3. The zero-order chi connectivity index (χ0) is 15.0. The van der Waals surface area contributed by atoms with Crippen LogP contribution in [0.3, 0.4) is 0 Å². The highest BCUT2D eigenvalue weighted by atomic mass is 19.1. The van der Waals surface area contributed by atoms with Crippen LogP contribution in [0.15, 0.2) is 46.9 Å². The second-order valence-electron chi connectivity index (χ2n) is 5.38. The molecule has 1 heterocycles. The molecule has 0 radical (unpaired) electrons. The van der Waals surface area contributed by atoms with Crippen LogP contribution in [-0.4, -0.2) is 5.11 Å². The van der Waals surface area contributed by atoms with Crippen LogP contribution in [0.5, 0.6) is 0 Å². The number of furan rings is 1. The first-order chi connectivity index (χ1) is 10.1. The number of hydrogen-bond donors (Lipinski definition) is 1. The maximum absolute atomic E-state index is 13.3. The number of hydrogen-bond acceptors (Lipinski definition) is 2. The van der Waals surface area contributed by atoms with Crippen LogP contribution >= 0.6 is 0 Å². The standard InChI is InChI=1S/C18H17FO2/c1-11-5-3-4-6-13(11)9-16(20)18-12(2)15-10-14(19)7-8-17(15)21-18/h3-8,10,16,20H,9H2,1-2H3. The lowest BCUT2D eigenvalue weighted by atomic mass is 9.99. The van der Waals surface area contributed by atoms with Gasteiger partial charge in [-0.05, 0) is 43.2 Å². The van der Waals surface area contributed by atoms with Crippen molar-refractivity contribution in [3.8, 4) is 0 Å². The predicted octanol–water partition coefficient (Wildman–Crippen LogP) is 4.46. The van der Waals surface area contributed by atoms with E-state index in [1.54, 1.807) is 6.07 Å². The number of aliphatic hydroxyl groups is 1. The lowest BCUT2D eigenvalue weighted by Gasteiger charge is -2.11. The Kier molecular flexibility index (Phi) is 3.52. The minimum absolute atomic E-state index is 0.300. The monoisotopic (exact) mass is 284 g/mol. The van der Waals surface area contributed by atoms with Gasteiger partial charge in [0.05, 0.1) is 0 Å². The van der Waals surface area contributed by atoms with Crippen molar-refractivity contribution in [2.24, 2.45) is 0 Å². The van der Waals surface area contributed by atoms with Crippen LogP contribution < -0.4 is 0 Å². The van der Waals surface area contributed by atoms with Crippen molar-refractivity contribution in [2.75, 3.05) is 0 Å². The van der Waals surface area contributed by atoms with E-state index in [4.69, 9.17) is 4.42 Å². The predicted molar refractivity (Wildman–Crippen MR) is 80.8 cm³/mol. The Bertz CT molecular complexity index is 789. The maximum Gasteiger partial charge on any atom is 0.137 e. The van der Waals surface area contributed by atoms with Crippen molar-refractivity contribution in [1.29, 1.82) is 0 Å². The van der Waals surface area contributed by atoms with Crippen LogP contribution in [0.25, 0.3) is 11.0 Å². The van der Waals surface area contributed by atoms with Crippen molar-refractivity contribution in [1.82, 2.24) is 0 Å². The Morgan fingerprint density at radius 1 is 1.14 bits per heavy atom. The summed E-state index contributed by atoms with van der Waals surface area (Å²) in [5, 5.41) is 11.2. The molecule has 108 valence electrons. The van der Waals surface area contributed by atoms with Gasteiger partial charge in [-0.25, -0.2) is 4.39 Å². The molecule has 21 heavy (non-hydrogen) atoms. The highest BCUT2D eigenvalue weighted by molar-refractivity contribution is 5.82. The second kappa shape index (κ2) is 5.34. The van der Waals surface area contributed by atoms with Crippen LogP contribution in [0.2, 0.25) is 0 Å². The molecule has 0 aliphatic rings. The molecular weight excluding hydrogens is 267 g/mol. The van der Waals surface area contributed by atoms with Gasteiger partial charge in [-0.3, -0.25) is 0 Å². The van der Waals surface area contributed by atoms with Crippen molar-refractivity contribution in [3.63, 3.8) is 0 Å². The Morgan fingerprint density at radius 3 is 2.67 bits per heavy atom. The largest absolute Gasteiger partial charge is 0.458 e. The van der Waals surface area contributed by atoms with Gasteiger partial charge in [-0.1, -0.05) is 24.3 Å². The van der Waals surface area contributed by atoms with Gasteiger partial charge in [0.15, 0.2) is 0 Å². The van der Waals surface area contributed by atoms with Crippen LogP contribution in [0.1, 0.15) is 28.6 Å². The molecule has 1 unspecified atom stereocenters. The lowest BCUT2D eigenvalue weighted by molar-refractivity contribution is 0.151. The van der Waals surface area contributed by atoms with Gasteiger partial charge in [0, 0.05) is 17.4 Å². The van der Waals surface area contributed by atoms with Crippen LogP contribution in [0.4, 0.5) is 4.39 Å². The summed E-state index contributed by atoms with van der Waals surface area (Å²) < 4.78 is 19.0. The number of halogens is 1. The third kappa shape index (κ3) is 2.57. The molecule has 0 aliphatic heterocycles. The Hall–Kier alpha value is -2.13. The Balaban J connectivity index is 1.96. The van der Waals surface area contributed by atoms with E-state index in [0.717, 1.165) is 16.7 Å². The Labute approximate surface area is 122 Å². The average molecular weight is 284 g/mol. The van der Waals surface area contributed by atoms with E-state index < -0.39 is 6.10 Å². The summed E-state index contributed by atoms with van der Waals surface area (Å²) in [4.78, 5) is 0. The summed E-state index contributed by atoms with van der Waals surface area (Å²) in [5.74, 6) is 0.213. The Morgan fingerprint density at radius 2 is 1.90 bits per heavy atom. The molecule has 0 saturated heterocycles. The fourth-order valence-electron chi connectivity index (χ4n) is 2.67. The smallest absolute Gasteiger partial charge is 0.137 e. The van der Waals surface area contributed by atoms with E-state index >= 15 is 0 Å². The van der Waals surface area contributed by atoms with Crippen molar-refractivity contribution in [3.05, 3.63) is 70.7 Å². The molecule has 0 bridgehead atoms. The summed E-state index contributed by atoms with van der Waals surface area (Å²) in [6.07, 6.45) is -0.253. The van der Waals surface area contributed by atoms with Crippen LogP contribution in [-0.2, 0) is 6.42 Å². The number of aliphatic hydroxyl groups excluding tert-OH is 1. The zero-order valence-corrected chi connectivity index (χ0v) is 12.1. The molecule has 1 aromatic heterocycles. The van der Waals surface area contributed by atoms with Gasteiger partial charge in [-0.15, -0.1) is 0 Å². The SMILES string of the molecule is Cc1ccccc1CC(O)c1oc2ccc(F)cc2c1C. The zero-order valence-electron chi connectivity index (χ0n) is 12.1. The maximum atomic E-state index is 13.3. The van der Waals surface area contributed by atoms with E-state index in [9.17, 15) is 9.50 Å². The molecule has 0 aliphatic carbocycles. The van der Waals surface area contributed by atoms with Crippen LogP contribution in [0, 0.1) is 19.7 Å². The van der Waals surface area contributed by atoms with Gasteiger partial charge in [0.1, 0.15) is 23.3 Å². The molecule has 0 saturated carbocycles. The lowest BCUT2D eigenvalue weighted by Crippen LogP contribution is -2.03. The van der Waals surface area contributed by atoms with Gasteiger partial charge in [0.25, 0.3) is 0 Å². The van der Waals surface area contributed by atoms with Gasteiger partial charge < -0.3 is 9.52 Å². The summed E-state index contributed by atoms with van der Waals surface area (Å²) in [6, 6.07) is 12.3. The van der Waals surface area contributed by atoms with Crippen molar-refractivity contribution >= 4 is 11.0 Å². The number of aryl methyl sites for hydroxylation is 2. The minimum atomic E-state index is -0.735.